The quantitative estimate of drug-likeness (QED) is 0.817. The minimum absolute atomic E-state index is 0.0187. The van der Waals surface area contributed by atoms with Gasteiger partial charge in [-0.2, -0.15) is 8.78 Å². The van der Waals surface area contributed by atoms with Gasteiger partial charge < -0.3 is 14.6 Å². The average Bonchev–Trinajstić information content (AvgIpc) is 2.27. The molecule has 0 unspecified atom stereocenters. The van der Waals surface area contributed by atoms with Crippen molar-refractivity contribution >= 4 is 0 Å². The number of halogens is 2. The Bertz CT molecular complexity index is 329. The van der Waals surface area contributed by atoms with Crippen LogP contribution in [0.3, 0.4) is 0 Å². The maximum absolute atomic E-state index is 12.0. The molecule has 0 saturated heterocycles. The van der Waals surface area contributed by atoms with Gasteiger partial charge in [-0.15, -0.1) is 0 Å². The molecule has 5 heteroatoms. The van der Waals surface area contributed by atoms with Gasteiger partial charge in [-0.3, -0.25) is 0 Å². The Balaban J connectivity index is 2.79. The van der Waals surface area contributed by atoms with E-state index in [9.17, 15) is 8.78 Å². The molecule has 1 aromatic carbocycles. The van der Waals surface area contributed by atoms with E-state index in [1.807, 2.05) is 0 Å². The second kappa shape index (κ2) is 6.27. The van der Waals surface area contributed by atoms with Crippen molar-refractivity contribution in [1.29, 1.82) is 0 Å². The number of hydrogen-bond donors (Lipinski definition) is 1. The number of ether oxygens (including phenoxy) is 2. The number of aryl methyl sites for hydroxylation is 1. The molecule has 0 bridgehead atoms. The molecule has 0 spiro atoms. The Morgan fingerprint density at radius 3 is 2.62 bits per heavy atom. The normalized spacial score (nSPS) is 10.6. The lowest BCUT2D eigenvalue weighted by atomic mass is 10.1. The summed E-state index contributed by atoms with van der Waals surface area (Å²) in [7, 11) is 1.39. The van der Waals surface area contributed by atoms with Gasteiger partial charge in [0, 0.05) is 6.61 Å². The molecule has 0 radical (unpaired) electrons. The Hall–Kier alpha value is -1.36. The second-order valence-electron chi connectivity index (χ2n) is 3.19. The van der Waals surface area contributed by atoms with Gasteiger partial charge in [0.25, 0.3) is 0 Å². The van der Waals surface area contributed by atoms with Crippen molar-refractivity contribution in [2.45, 2.75) is 19.5 Å². The van der Waals surface area contributed by atoms with Crippen molar-refractivity contribution in [3.8, 4) is 11.5 Å². The molecule has 0 aliphatic rings. The summed E-state index contributed by atoms with van der Waals surface area (Å²) in [5.41, 5.74) is 0.910. The molecule has 0 aliphatic heterocycles. The highest BCUT2D eigenvalue weighted by atomic mass is 19.3. The van der Waals surface area contributed by atoms with Crippen LogP contribution in [0.15, 0.2) is 18.2 Å². The third kappa shape index (κ3) is 3.66. The third-order valence-corrected chi connectivity index (χ3v) is 2.07. The summed E-state index contributed by atoms with van der Waals surface area (Å²) in [5.74, 6) is 0.293. The van der Waals surface area contributed by atoms with Gasteiger partial charge in [-0.05, 0) is 30.5 Å². The van der Waals surface area contributed by atoms with Crippen molar-refractivity contribution in [1.82, 2.24) is 0 Å². The molecule has 0 atom stereocenters. The lowest BCUT2D eigenvalue weighted by Gasteiger charge is -2.11. The number of hydrogen-bond acceptors (Lipinski definition) is 3. The van der Waals surface area contributed by atoms with Gasteiger partial charge in [0.2, 0.25) is 0 Å². The third-order valence-electron chi connectivity index (χ3n) is 2.07. The molecule has 1 N–H and O–H groups in total. The molecule has 0 saturated carbocycles. The summed E-state index contributed by atoms with van der Waals surface area (Å²) in [6.07, 6.45) is 1.29. The van der Waals surface area contributed by atoms with Crippen LogP contribution >= 0.6 is 0 Å². The fourth-order valence-corrected chi connectivity index (χ4v) is 1.34. The van der Waals surface area contributed by atoms with Crippen LogP contribution in [-0.4, -0.2) is 25.4 Å². The molecule has 0 fully saturated rings. The first kappa shape index (κ1) is 12.7. The van der Waals surface area contributed by atoms with Gasteiger partial charge >= 0.3 is 6.61 Å². The highest BCUT2D eigenvalue weighted by Crippen LogP contribution is 2.29. The summed E-state index contributed by atoms with van der Waals surface area (Å²) in [4.78, 5) is 0. The van der Waals surface area contributed by atoms with E-state index in [-0.39, 0.29) is 18.1 Å². The lowest BCUT2D eigenvalue weighted by molar-refractivity contribution is -0.0512. The molecule has 0 amide bonds. The number of benzene rings is 1. The highest BCUT2D eigenvalue weighted by molar-refractivity contribution is 5.43. The zero-order valence-electron chi connectivity index (χ0n) is 8.95. The predicted octanol–water partition coefficient (Wildman–Crippen LogP) is 2.22. The smallest absolute Gasteiger partial charge is 0.387 e. The van der Waals surface area contributed by atoms with Crippen LogP contribution in [-0.2, 0) is 6.42 Å². The minimum atomic E-state index is -2.86. The fraction of sp³-hybridized carbons (Fsp3) is 0.455. The van der Waals surface area contributed by atoms with E-state index >= 15 is 0 Å². The first-order valence-corrected chi connectivity index (χ1v) is 4.90. The molecular formula is C11H14F2O3. The predicted molar refractivity (Wildman–Crippen MR) is 55.0 cm³/mol. The molecule has 1 rings (SSSR count). The van der Waals surface area contributed by atoms with Crippen LogP contribution in [0.2, 0.25) is 0 Å². The molecule has 3 nitrogen and oxygen atoms in total. The SMILES string of the molecule is COc1cc(CCCO)ccc1OC(F)F. The molecular weight excluding hydrogens is 218 g/mol. The van der Waals surface area contributed by atoms with E-state index in [0.29, 0.717) is 12.8 Å². The first-order valence-electron chi connectivity index (χ1n) is 4.90. The number of alkyl halides is 2. The molecule has 16 heavy (non-hydrogen) atoms. The van der Waals surface area contributed by atoms with Gasteiger partial charge in [0.05, 0.1) is 7.11 Å². The highest BCUT2D eigenvalue weighted by Gasteiger charge is 2.10. The minimum Gasteiger partial charge on any atom is -0.493 e. The van der Waals surface area contributed by atoms with Crippen LogP contribution < -0.4 is 9.47 Å². The van der Waals surface area contributed by atoms with Crippen molar-refractivity contribution in [3.05, 3.63) is 23.8 Å². The zero-order valence-corrected chi connectivity index (χ0v) is 8.95. The van der Waals surface area contributed by atoms with E-state index in [0.717, 1.165) is 5.56 Å². The van der Waals surface area contributed by atoms with Crippen LogP contribution in [0.4, 0.5) is 8.78 Å². The van der Waals surface area contributed by atoms with E-state index in [4.69, 9.17) is 9.84 Å². The largest absolute Gasteiger partial charge is 0.493 e. The van der Waals surface area contributed by atoms with Crippen LogP contribution in [0, 0.1) is 0 Å². The van der Waals surface area contributed by atoms with E-state index in [2.05, 4.69) is 4.74 Å². The van der Waals surface area contributed by atoms with E-state index in [1.54, 1.807) is 12.1 Å². The summed E-state index contributed by atoms with van der Waals surface area (Å²) in [5, 5.41) is 8.67. The summed E-state index contributed by atoms with van der Waals surface area (Å²) in [6, 6.07) is 4.75. The van der Waals surface area contributed by atoms with Crippen molar-refractivity contribution in [3.63, 3.8) is 0 Å². The van der Waals surface area contributed by atoms with Crippen LogP contribution in [0.5, 0.6) is 11.5 Å². The number of aliphatic hydroxyl groups excluding tert-OH is 1. The molecule has 0 aromatic heterocycles. The van der Waals surface area contributed by atoms with E-state index < -0.39 is 6.61 Å². The summed E-state index contributed by atoms with van der Waals surface area (Å²) in [6.45, 7) is -2.77. The summed E-state index contributed by atoms with van der Waals surface area (Å²) < 4.78 is 33.3. The van der Waals surface area contributed by atoms with Crippen molar-refractivity contribution in [2.24, 2.45) is 0 Å². The topological polar surface area (TPSA) is 38.7 Å². The van der Waals surface area contributed by atoms with Gasteiger partial charge in [-0.1, -0.05) is 6.07 Å². The maximum atomic E-state index is 12.0. The maximum Gasteiger partial charge on any atom is 0.387 e. The number of methoxy groups -OCH3 is 1. The summed E-state index contributed by atoms with van der Waals surface area (Å²) >= 11 is 0. The average molecular weight is 232 g/mol. The van der Waals surface area contributed by atoms with Gasteiger partial charge in [0.1, 0.15) is 0 Å². The van der Waals surface area contributed by atoms with E-state index in [1.165, 1.54) is 13.2 Å². The zero-order chi connectivity index (χ0) is 12.0. The molecule has 0 heterocycles. The number of rotatable bonds is 6. The molecule has 90 valence electrons. The Morgan fingerprint density at radius 2 is 2.06 bits per heavy atom. The van der Waals surface area contributed by atoms with Crippen LogP contribution in [0.1, 0.15) is 12.0 Å². The lowest BCUT2D eigenvalue weighted by Crippen LogP contribution is -2.04. The first-order chi connectivity index (χ1) is 7.67. The van der Waals surface area contributed by atoms with Gasteiger partial charge in [-0.25, -0.2) is 0 Å². The monoisotopic (exact) mass is 232 g/mol. The van der Waals surface area contributed by atoms with Crippen molar-refractivity contribution < 1.29 is 23.4 Å². The molecule has 1 aromatic rings. The number of aliphatic hydroxyl groups is 1. The Kier molecular flexibility index (Phi) is 4.98. The van der Waals surface area contributed by atoms with Gasteiger partial charge in [0.15, 0.2) is 11.5 Å². The second-order valence-corrected chi connectivity index (χ2v) is 3.19. The molecule has 0 aliphatic carbocycles. The van der Waals surface area contributed by atoms with Crippen molar-refractivity contribution in [2.75, 3.05) is 13.7 Å². The Morgan fingerprint density at radius 1 is 1.31 bits per heavy atom. The standard InChI is InChI=1S/C11H14F2O3/c1-15-10-7-8(3-2-6-14)4-5-9(10)16-11(12)13/h4-5,7,11,14H,2-3,6H2,1H3. The van der Waals surface area contributed by atoms with Crippen LogP contribution in [0.25, 0.3) is 0 Å². The fourth-order valence-electron chi connectivity index (χ4n) is 1.34. The Labute approximate surface area is 92.6 Å².